The van der Waals surface area contributed by atoms with Crippen LogP contribution in [0.25, 0.3) is 17.0 Å². The van der Waals surface area contributed by atoms with Crippen molar-refractivity contribution in [2.24, 2.45) is 0 Å². The first kappa shape index (κ1) is 21.0. The molecule has 160 valence electrons. The lowest BCUT2D eigenvalue weighted by atomic mass is 10.1. The van der Waals surface area contributed by atoms with Gasteiger partial charge in [0.25, 0.3) is 5.91 Å². The van der Waals surface area contributed by atoms with Gasteiger partial charge in [-0.15, -0.1) is 0 Å². The van der Waals surface area contributed by atoms with Crippen LogP contribution in [0.3, 0.4) is 0 Å². The van der Waals surface area contributed by atoms with Crippen LogP contribution in [0.15, 0.2) is 54.9 Å². The van der Waals surface area contributed by atoms with Crippen LogP contribution in [0.1, 0.15) is 55.0 Å². The van der Waals surface area contributed by atoms with Gasteiger partial charge in [0.15, 0.2) is 0 Å². The van der Waals surface area contributed by atoms with Gasteiger partial charge in [-0.2, -0.15) is 0 Å². The molecule has 4 rings (SSSR count). The van der Waals surface area contributed by atoms with Gasteiger partial charge in [-0.05, 0) is 57.5 Å². The maximum absolute atomic E-state index is 13.2. The first-order chi connectivity index (χ1) is 14.9. The van der Waals surface area contributed by atoms with Gasteiger partial charge in [0.05, 0.1) is 23.3 Å². The van der Waals surface area contributed by atoms with Gasteiger partial charge in [0.2, 0.25) is 0 Å². The number of pyridine rings is 2. The lowest BCUT2D eigenvalue weighted by molar-refractivity contribution is 0.0779. The number of fused-ring (bicyclic) bond motifs is 2. The van der Waals surface area contributed by atoms with Crippen LogP contribution in [-0.2, 0) is 13.0 Å². The van der Waals surface area contributed by atoms with Crippen molar-refractivity contribution in [3.63, 3.8) is 0 Å². The van der Waals surface area contributed by atoms with E-state index in [-0.39, 0.29) is 5.91 Å². The Morgan fingerprint density at radius 2 is 1.84 bits per heavy atom. The number of carbonyl (C=O) groups is 1. The van der Waals surface area contributed by atoms with Gasteiger partial charge < -0.3 is 9.80 Å². The molecule has 3 heterocycles. The molecule has 1 aromatic carbocycles. The molecule has 0 fully saturated rings. The van der Waals surface area contributed by atoms with E-state index in [4.69, 9.17) is 4.98 Å². The summed E-state index contributed by atoms with van der Waals surface area (Å²) >= 11 is 0. The Labute approximate surface area is 184 Å². The molecule has 1 aliphatic rings. The summed E-state index contributed by atoms with van der Waals surface area (Å²) in [6.07, 6.45) is 6.67. The van der Waals surface area contributed by atoms with Gasteiger partial charge in [-0.3, -0.25) is 14.8 Å². The number of carbonyl (C=O) groups excluding carboxylic acids is 1. The summed E-state index contributed by atoms with van der Waals surface area (Å²) in [5.74, 6) is 0.0594. The summed E-state index contributed by atoms with van der Waals surface area (Å²) < 4.78 is 0. The van der Waals surface area contributed by atoms with Crippen molar-refractivity contribution in [2.75, 3.05) is 6.54 Å². The van der Waals surface area contributed by atoms with E-state index in [1.54, 1.807) is 6.20 Å². The van der Waals surface area contributed by atoms with Crippen molar-refractivity contribution in [2.45, 2.75) is 52.7 Å². The first-order valence-corrected chi connectivity index (χ1v) is 11.0. The Morgan fingerprint density at radius 1 is 1.06 bits per heavy atom. The Bertz CT molecular complexity index is 1110. The van der Waals surface area contributed by atoms with Crippen molar-refractivity contribution in [3.8, 4) is 0 Å². The van der Waals surface area contributed by atoms with Crippen LogP contribution < -0.4 is 0 Å². The van der Waals surface area contributed by atoms with E-state index >= 15 is 0 Å². The number of para-hydroxylation sites is 1. The van der Waals surface area contributed by atoms with Gasteiger partial charge in [-0.25, -0.2) is 0 Å². The van der Waals surface area contributed by atoms with E-state index in [2.05, 4.69) is 62.0 Å². The third kappa shape index (κ3) is 4.46. The number of aromatic nitrogens is 2. The molecule has 0 N–H and O–H groups in total. The van der Waals surface area contributed by atoms with Gasteiger partial charge >= 0.3 is 0 Å². The zero-order valence-corrected chi connectivity index (χ0v) is 18.7. The number of rotatable bonds is 7. The molecule has 0 bridgehead atoms. The number of hydrogen-bond donors (Lipinski definition) is 0. The Balaban J connectivity index is 1.49. The summed E-state index contributed by atoms with van der Waals surface area (Å²) in [4.78, 5) is 26.6. The maximum atomic E-state index is 13.2. The van der Waals surface area contributed by atoms with Crippen molar-refractivity contribution in [3.05, 3.63) is 77.4 Å². The predicted octanol–water partition coefficient (Wildman–Crippen LogP) is 4.92. The van der Waals surface area contributed by atoms with Crippen molar-refractivity contribution >= 4 is 22.9 Å². The molecule has 0 aliphatic carbocycles. The summed E-state index contributed by atoms with van der Waals surface area (Å²) in [5, 5.41) is 1.13. The third-order valence-electron chi connectivity index (χ3n) is 5.82. The number of hydrogen-bond acceptors (Lipinski definition) is 4. The average Bonchev–Trinajstić information content (AvgIpc) is 3.08. The van der Waals surface area contributed by atoms with Crippen molar-refractivity contribution in [1.82, 2.24) is 19.8 Å². The largest absolute Gasteiger partial charge is 0.373 e. The Hall–Kier alpha value is -3.21. The summed E-state index contributed by atoms with van der Waals surface area (Å²) in [6, 6.07) is 15.0. The second-order valence-corrected chi connectivity index (χ2v) is 8.64. The van der Waals surface area contributed by atoms with Crippen molar-refractivity contribution in [1.29, 1.82) is 0 Å². The summed E-state index contributed by atoms with van der Waals surface area (Å²) in [7, 11) is 0. The fourth-order valence-electron chi connectivity index (χ4n) is 4.22. The summed E-state index contributed by atoms with van der Waals surface area (Å²) in [6.45, 7) is 9.89. The average molecular weight is 415 g/mol. The van der Waals surface area contributed by atoms with Crippen LogP contribution in [0, 0.1) is 0 Å². The van der Waals surface area contributed by atoms with Gasteiger partial charge in [0.1, 0.15) is 0 Å². The highest BCUT2D eigenvalue weighted by molar-refractivity contribution is 6.01. The fourth-order valence-corrected chi connectivity index (χ4v) is 4.22. The zero-order valence-electron chi connectivity index (χ0n) is 18.7. The van der Waals surface area contributed by atoms with Crippen LogP contribution >= 0.6 is 0 Å². The highest BCUT2D eigenvalue weighted by Gasteiger charge is 2.30. The molecule has 0 radical (unpaired) electrons. The standard InChI is InChI=1S/C26H30N4O/c1-18(2)30(19(3)4)16-12-21-11-14-27-24-17-29(26(31)25(21)24)15-13-22-10-9-20-7-5-6-8-23(20)28-22/h5-12,14,16,18-19H,13,15,17H2,1-4H3/b16-12-. The highest BCUT2D eigenvalue weighted by atomic mass is 16.2. The molecule has 5 heteroatoms. The quantitative estimate of drug-likeness (QED) is 0.551. The van der Waals surface area contributed by atoms with E-state index in [1.165, 1.54) is 0 Å². The SMILES string of the molecule is CC(C)N(/C=C\c1ccnc2c1C(=O)N(CCc1ccc3ccccc3n1)C2)C(C)C. The molecule has 0 spiro atoms. The number of benzene rings is 1. The molecule has 3 aromatic rings. The van der Waals surface area contributed by atoms with E-state index in [1.807, 2.05) is 35.2 Å². The van der Waals surface area contributed by atoms with Gasteiger partial charge in [-0.1, -0.05) is 24.3 Å². The molecule has 1 amide bonds. The molecular weight excluding hydrogens is 384 g/mol. The molecule has 0 saturated carbocycles. The smallest absolute Gasteiger partial charge is 0.256 e. The molecule has 2 aromatic heterocycles. The normalized spacial score (nSPS) is 13.7. The first-order valence-electron chi connectivity index (χ1n) is 11.0. The van der Waals surface area contributed by atoms with Gasteiger partial charge in [0, 0.05) is 48.5 Å². The van der Waals surface area contributed by atoms with Crippen LogP contribution in [0.5, 0.6) is 0 Å². The van der Waals surface area contributed by atoms with Crippen LogP contribution in [0.4, 0.5) is 0 Å². The van der Waals surface area contributed by atoms with E-state index < -0.39 is 0 Å². The van der Waals surface area contributed by atoms with Crippen LogP contribution in [0.2, 0.25) is 0 Å². The monoisotopic (exact) mass is 414 g/mol. The molecule has 0 saturated heterocycles. The highest BCUT2D eigenvalue weighted by Crippen LogP contribution is 2.26. The zero-order chi connectivity index (χ0) is 22.0. The minimum atomic E-state index is 0.0594. The van der Waals surface area contributed by atoms with Crippen molar-refractivity contribution < 1.29 is 4.79 Å². The number of amides is 1. The molecule has 0 unspecified atom stereocenters. The molecule has 0 atom stereocenters. The minimum Gasteiger partial charge on any atom is -0.373 e. The maximum Gasteiger partial charge on any atom is 0.256 e. The molecule has 1 aliphatic heterocycles. The van der Waals surface area contributed by atoms with E-state index in [9.17, 15) is 4.79 Å². The Kier molecular flexibility index (Phi) is 6.03. The summed E-state index contributed by atoms with van der Waals surface area (Å²) in [5.41, 5.74) is 4.52. The third-order valence-corrected chi connectivity index (χ3v) is 5.82. The van der Waals surface area contributed by atoms with E-state index in [0.29, 0.717) is 25.2 Å². The topological polar surface area (TPSA) is 49.3 Å². The fraction of sp³-hybridized carbons (Fsp3) is 0.346. The van der Waals surface area contributed by atoms with Crippen LogP contribution in [-0.4, -0.2) is 44.3 Å². The molecule has 31 heavy (non-hydrogen) atoms. The number of nitrogens with zero attached hydrogens (tertiary/aromatic N) is 4. The molecular formula is C26H30N4O. The minimum absolute atomic E-state index is 0.0594. The second-order valence-electron chi connectivity index (χ2n) is 8.64. The second kappa shape index (κ2) is 8.88. The molecule has 5 nitrogen and oxygen atoms in total. The van der Waals surface area contributed by atoms with E-state index in [0.717, 1.165) is 39.8 Å². The predicted molar refractivity (Wildman–Crippen MR) is 126 cm³/mol. The Morgan fingerprint density at radius 3 is 2.61 bits per heavy atom. The lowest BCUT2D eigenvalue weighted by Gasteiger charge is -2.29. The lowest BCUT2D eigenvalue weighted by Crippen LogP contribution is -2.31.